The number of allylic oxidation sites excluding steroid dienone is 1. The van der Waals surface area contributed by atoms with Gasteiger partial charge in [0.15, 0.2) is 0 Å². The van der Waals surface area contributed by atoms with Gasteiger partial charge in [-0.3, -0.25) is 4.72 Å². The molecule has 0 bridgehead atoms. The molecule has 2 N–H and O–H groups in total. The Bertz CT molecular complexity index is 1030. The average molecular weight is 404 g/mol. The number of pyridine rings is 1. The van der Waals surface area contributed by atoms with Gasteiger partial charge in [-0.1, -0.05) is 12.1 Å². The number of aromatic nitrogens is 1. The van der Waals surface area contributed by atoms with Gasteiger partial charge in [-0.05, 0) is 74.2 Å². The van der Waals surface area contributed by atoms with Crippen LogP contribution in [-0.4, -0.2) is 35.4 Å². The molecule has 2 heterocycles. The number of anilines is 1. The van der Waals surface area contributed by atoms with Gasteiger partial charge in [0.05, 0.1) is 29.0 Å². The largest absolute Gasteiger partial charge is 0.367 e. The smallest absolute Gasteiger partial charge is 0.138 e. The van der Waals surface area contributed by atoms with Gasteiger partial charge in [0.25, 0.3) is 0 Å². The summed E-state index contributed by atoms with van der Waals surface area (Å²) < 4.78 is 3.53. The fourth-order valence-corrected chi connectivity index (χ4v) is 4.59. The molecular formula is C23H25N5S. The topological polar surface area (TPSA) is 52.5 Å². The summed E-state index contributed by atoms with van der Waals surface area (Å²) in [6.45, 7) is 0. The summed E-state index contributed by atoms with van der Waals surface area (Å²) in [5.41, 5.74) is 7.15. The van der Waals surface area contributed by atoms with Crippen molar-refractivity contribution in [3.8, 4) is 11.3 Å². The molecule has 3 fully saturated rings. The molecule has 0 radical (unpaired) electrons. The fraction of sp³-hybridized carbons (Fsp3) is 0.391. The summed E-state index contributed by atoms with van der Waals surface area (Å²) >= 11 is 1.73. The van der Waals surface area contributed by atoms with Gasteiger partial charge in [-0.15, -0.1) is 0 Å². The molecule has 4 aliphatic rings. The van der Waals surface area contributed by atoms with Gasteiger partial charge in [-0.2, -0.15) is 0 Å². The first kappa shape index (κ1) is 17.5. The molecular weight excluding hydrogens is 378 g/mol. The minimum Gasteiger partial charge on any atom is -0.367 e. The highest BCUT2D eigenvalue weighted by molar-refractivity contribution is 7.97. The number of hydrogen-bond acceptors (Lipinski definition) is 6. The Hall–Kier alpha value is -2.31. The van der Waals surface area contributed by atoms with Crippen molar-refractivity contribution >= 4 is 35.5 Å². The minimum atomic E-state index is 0.549. The van der Waals surface area contributed by atoms with E-state index >= 15 is 0 Å². The first-order chi connectivity index (χ1) is 14.2. The Kier molecular flexibility index (Phi) is 4.16. The third-order valence-electron chi connectivity index (χ3n) is 5.76. The van der Waals surface area contributed by atoms with Gasteiger partial charge in [0.2, 0.25) is 0 Å². The highest BCUT2D eigenvalue weighted by Crippen LogP contribution is 2.46. The zero-order chi connectivity index (χ0) is 19.4. The van der Waals surface area contributed by atoms with E-state index in [1.165, 1.54) is 60.3 Å². The third-order valence-corrected chi connectivity index (χ3v) is 6.70. The summed E-state index contributed by atoms with van der Waals surface area (Å²) in [5.74, 6) is 0.993. The van der Waals surface area contributed by atoms with Crippen molar-refractivity contribution in [1.82, 2.24) is 14.6 Å². The fourth-order valence-electron chi connectivity index (χ4n) is 3.72. The lowest BCUT2D eigenvalue weighted by Crippen LogP contribution is -2.20. The quantitative estimate of drug-likeness (QED) is 0.650. The molecule has 3 saturated carbocycles. The molecule has 29 heavy (non-hydrogen) atoms. The summed E-state index contributed by atoms with van der Waals surface area (Å²) in [4.78, 5) is 13.3. The van der Waals surface area contributed by atoms with Crippen LogP contribution in [0.1, 0.15) is 44.1 Å². The highest BCUT2D eigenvalue weighted by atomic mass is 32.2. The maximum atomic E-state index is 5.10. The third kappa shape index (κ3) is 3.67. The van der Waals surface area contributed by atoms with E-state index in [4.69, 9.17) is 9.98 Å². The first-order valence-corrected chi connectivity index (χ1v) is 11.4. The predicted molar refractivity (Wildman–Crippen MR) is 120 cm³/mol. The van der Waals surface area contributed by atoms with Crippen molar-refractivity contribution in [3.63, 3.8) is 0 Å². The Morgan fingerprint density at radius 3 is 2.66 bits per heavy atom. The van der Waals surface area contributed by atoms with E-state index in [-0.39, 0.29) is 0 Å². The number of hydrogen-bond donors (Lipinski definition) is 2. The van der Waals surface area contributed by atoms with Crippen LogP contribution >= 0.6 is 11.9 Å². The molecule has 0 saturated heterocycles. The standard InChI is InChI=1S/C23H25N5S/c1-28-13-24-20-12-19(15-3-2-4-18(11-15)29-27-17-9-10-17)26-23(25-16-7-8-16)21(20)22(28)14-5-6-14/h2-4,11-13,16-17,27H,5-10H2,1H3,(H,25,26). The summed E-state index contributed by atoms with van der Waals surface area (Å²) in [6.07, 6.45) is 9.35. The van der Waals surface area contributed by atoms with Crippen LogP contribution in [0.4, 0.5) is 11.5 Å². The van der Waals surface area contributed by atoms with Crippen LogP contribution in [0.25, 0.3) is 17.0 Å². The van der Waals surface area contributed by atoms with Crippen LogP contribution in [0.15, 0.2) is 45.8 Å². The highest BCUT2D eigenvalue weighted by Gasteiger charge is 2.31. The average Bonchev–Trinajstić information content (AvgIpc) is 3.58. The Balaban J connectivity index is 1.41. The van der Waals surface area contributed by atoms with Gasteiger partial charge in [-0.25, -0.2) is 9.98 Å². The lowest BCUT2D eigenvalue weighted by Gasteiger charge is -2.26. The number of nitrogens with one attached hydrogen (secondary N) is 2. The van der Waals surface area contributed by atoms with Crippen molar-refractivity contribution in [2.45, 2.75) is 55.5 Å². The molecule has 3 aliphatic carbocycles. The number of rotatable bonds is 6. The molecule has 0 atom stereocenters. The molecule has 0 spiro atoms. The van der Waals surface area contributed by atoms with E-state index in [1.54, 1.807) is 11.9 Å². The molecule has 1 aromatic carbocycles. The normalized spacial score (nSPS) is 20.1. The maximum Gasteiger partial charge on any atom is 0.138 e. The minimum absolute atomic E-state index is 0.549. The van der Waals surface area contributed by atoms with Gasteiger partial charge < -0.3 is 10.2 Å². The Labute approximate surface area is 175 Å². The first-order valence-electron chi connectivity index (χ1n) is 10.6. The predicted octanol–water partition coefficient (Wildman–Crippen LogP) is 5.19. The molecule has 2 aromatic rings. The van der Waals surface area contributed by atoms with Gasteiger partial charge in [0, 0.05) is 29.6 Å². The van der Waals surface area contributed by atoms with Crippen molar-refractivity contribution in [1.29, 1.82) is 0 Å². The second-order valence-electron chi connectivity index (χ2n) is 8.50. The van der Waals surface area contributed by atoms with Crippen LogP contribution in [0, 0.1) is 0 Å². The van der Waals surface area contributed by atoms with Crippen LogP contribution in [-0.2, 0) is 0 Å². The van der Waals surface area contributed by atoms with E-state index in [0.29, 0.717) is 12.1 Å². The zero-order valence-electron chi connectivity index (χ0n) is 16.6. The summed E-state index contributed by atoms with van der Waals surface area (Å²) in [5, 5.41) is 3.69. The second kappa shape index (κ2) is 6.89. The Morgan fingerprint density at radius 2 is 1.90 bits per heavy atom. The molecule has 148 valence electrons. The SMILES string of the molecule is CN1C=Nc2cc(-c3cccc(SNC4CC4)c3)nc(NC3CC3)c2C1=C1CC1. The number of benzene rings is 1. The zero-order valence-corrected chi connectivity index (χ0v) is 17.4. The van der Waals surface area contributed by atoms with E-state index in [0.717, 1.165) is 22.8 Å². The summed E-state index contributed by atoms with van der Waals surface area (Å²) in [6, 6.07) is 12.0. The van der Waals surface area contributed by atoms with Crippen LogP contribution in [0.3, 0.4) is 0 Å². The van der Waals surface area contributed by atoms with Crippen molar-refractivity contribution < 1.29 is 0 Å². The maximum absolute atomic E-state index is 5.10. The molecule has 0 amide bonds. The lowest BCUT2D eigenvalue weighted by atomic mass is 10.0. The molecule has 6 heteroatoms. The second-order valence-corrected chi connectivity index (χ2v) is 9.41. The van der Waals surface area contributed by atoms with Crippen LogP contribution in [0.2, 0.25) is 0 Å². The van der Waals surface area contributed by atoms with Crippen molar-refractivity contribution in [2.24, 2.45) is 4.99 Å². The number of fused-ring (bicyclic) bond motifs is 1. The molecule has 5 nitrogen and oxygen atoms in total. The van der Waals surface area contributed by atoms with Gasteiger partial charge in [0.1, 0.15) is 5.82 Å². The molecule has 1 aromatic heterocycles. The lowest BCUT2D eigenvalue weighted by molar-refractivity contribution is 0.730. The van der Waals surface area contributed by atoms with Crippen molar-refractivity contribution in [3.05, 3.63) is 41.5 Å². The molecule has 6 rings (SSSR count). The van der Waals surface area contributed by atoms with E-state index in [1.807, 2.05) is 6.34 Å². The van der Waals surface area contributed by atoms with Crippen LogP contribution < -0.4 is 10.0 Å². The molecule has 1 aliphatic heterocycles. The van der Waals surface area contributed by atoms with E-state index in [2.05, 4.69) is 52.3 Å². The number of aliphatic imine (C=N–C) groups is 1. The summed E-state index contributed by atoms with van der Waals surface area (Å²) in [7, 11) is 2.09. The number of nitrogens with zero attached hydrogens (tertiary/aromatic N) is 3. The van der Waals surface area contributed by atoms with Gasteiger partial charge >= 0.3 is 0 Å². The molecule has 0 unspecified atom stereocenters. The monoisotopic (exact) mass is 403 g/mol. The van der Waals surface area contributed by atoms with E-state index < -0.39 is 0 Å². The van der Waals surface area contributed by atoms with Crippen molar-refractivity contribution in [2.75, 3.05) is 12.4 Å². The van der Waals surface area contributed by atoms with Crippen LogP contribution in [0.5, 0.6) is 0 Å². The van der Waals surface area contributed by atoms with E-state index in [9.17, 15) is 0 Å². The Morgan fingerprint density at radius 1 is 1.07 bits per heavy atom.